The molecule has 0 aliphatic carbocycles. The van der Waals surface area contributed by atoms with Crippen molar-refractivity contribution >= 4 is 17.7 Å². The van der Waals surface area contributed by atoms with Gasteiger partial charge < -0.3 is 14.9 Å². The number of carboxylic acids is 1. The molecule has 3 aliphatic heterocycles. The molecule has 11 heteroatoms. The van der Waals surface area contributed by atoms with Gasteiger partial charge in [0, 0.05) is 51.2 Å². The molecular weight excluding hydrogens is 475 g/mol. The molecule has 3 fully saturated rings. The van der Waals surface area contributed by atoms with Crippen LogP contribution in [-0.4, -0.2) is 76.0 Å². The molecule has 5 rings (SSSR count). The largest absolute Gasteiger partial charge is 0.476 e. The number of alkyl halides is 3. The fraction of sp³-hybridized carbons (Fsp3) is 0.560. The highest BCUT2D eigenvalue weighted by Crippen LogP contribution is 2.42. The second-order valence-electron chi connectivity index (χ2n) is 10.2. The van der Waals surface area contributed by atoms with Crippen molar-refractivity contribution in [3.05, 3.63) is 47.3 Å². The van der Waals surface area contributed by atoms with Crippen molar-refractivity contribution in [1.82, 2.24) is 19.6 Å². The first kappa shape index (κ1) is 24.6. The van der Waals surface area contributed by atoms with Crippen LogP contribution in [0.5, 0.6) is 0 Å². The Morgan fingerprint density at radius 1 is 1.00 bits per heavy atom. The van der Waals surface area contributed by atoms with E-state index in [-0.39, 0.29) is 23.7 Å². The van der Waals surface area contributed by atoms with Crippen LogP contribution in [0.1, 0.15) is 53.7 Å². The maximum Gasteiger partial charge on any atom is 0.416 e. The average Bonchev–Trinajstić information content (AvgIpc) is 3.61. The lowest BCUT2D eigenvalue weighted by atomic mass is 9.78. The third-order valence-electron chi connectivity index (χ3n) is 7.88. The number of piperidine rings is 1. The number of hydrogen-bond donors (Lipinski definition) is 1. The minimum atomic E-state index is -4.40. The van der Waals surface area contributed by atoms with Gasteiger partial charge in [-0.2, -0.15) is 23.0 Å². The second-order valence-corrected chi connectivity index (χ2v) is 10.2. The maximum atomic E-state index is 13.9. The van der Waals surface area contributed by atoms with Gasteiger partial charge in [0.1, 0.15) is 0 Å². The zero-order chi connectivity index (χ0) is 25.5. The molecule has 194 valence electrons. The molecule has 0 bridgehead atoms. The SMILES string of the molecule is O=C(O)c1ccn(C(=O)N2CCC3(CCN(Cc4ccc(N5CCCC5)cc4C(F)(F)F)C3)CC2)n1. The third kappa shape index (κ3) is 4.93. The summed E-state index contributed by atoms with van der Waals surface area (Å²) in [6.07, 6.45) is 1.35. The van der Waals surface area contributed by atoms with Crippen LogP contribution in [0.3, 0.4) is 0 Å². The van der Waals surface area contributed by atoms with Crippen LogP contribution in [0.15, 0.2) is 30.5 Å². The third-order valence-corrected chi connectivity index (χ3v) is 7.88. The summed E-state index contributed by atoms with van der Waals surface area (Å²) in [5.41, 5.74) is 0.193. The zero-order valence-electron chi connectivity index (χ0n) is 20.0. The van der Waals surface area contributed by atoms with E-state index in [1.807, 2.05) is 11.0 Å². The van der Waals surface area contributed by atoms with Gasteiger partial charge in [-0.15, -0.1) is 0 Å². The maximum absolute atomic E-state index is 13.9. The first-order chi connectivity index (χ1) is 17.1. The Labute approximate surface area is 207 Å². The second kappa shape index (κ2) is 9.42. The molecule has 1 N–H and O–H groups in total. The minimum Gasteiger partial charge on any atom is -0.476 e. The van der Waals surface area contributed by atoms with Crippen molar-refractivity contribution in [2.45, 2.75) is 44.8 Å². The summed E-state index contributed by atoms with van der Waals surface area (Å²) >= 11 is 0. The molecule has 3 aliphatic rings. The van der Waals surface area contributed by atoms with Gasteiger partial charge in [-0.1, -0.05) is 6.07 Å². The number of carboxylic acid groups (broad SMARTS) is 1. The number of carbonyl (C=O) groups is 2. The first-order valence-electron chi connectivity index (χ1n) is 12.4. The zero-order valence-corrected chi connectivity index (χ0v) is 20.0. The molecule has 8 nitrogen and oxygen atoms in total. The van der Waals surface area contributed by atoms with Crippen LogP contribution in [0.25, 0.3) is 0 Å². The summed E-state index contributed by atoms with van der Waals surface area (Å²) in [4.78, 5) is 29.5. The lowest BCUT2D eigenvalue weighted by Crippen LogP contribution is -2.45. The highest BCUT2D eigenvalue weighted by Gasteiger charge is 2.42. The molecule has 1 spiro atoms. The summed E-state index contributed by atoms with van der Waals surface area (Å²) in [5.74, 6) is -1.19. The van der Waals surface area contributed by atoms with E-state index < -0.39 is 17.7 Å². The normalized spacial score (nSPS) is 20.4. The number of halogens is 3. The number of likely N-dealkylation sites (tertiary alicyclic amines) is 2. The number of amides is 1. The lowest BCUT2D eigenvalue weighted by molar-refractivity contribution is -0.138. The fourth-order valence-electron chi connectivity index (χ4n) is 5.81. The Morgan fingerprint density at radius 2 is 1.69 bits per heavy atom. The standard InChI is InChI=1S/C25H30F3N5O3/c26-25(27,28)20-15-19(31-9-1-2-10-31)4-3-18(20)16-30-12-6-24(17-30)7-13-32(14-8-24)23(36)33-11-5-21(29-33)22(34)35/h3-5,11,15H,1-2,6-10,12-14,16-17H2,(H,34,35). The van der Waals surface area contributed by atoms with Crippen LogP contribution < -0.4 is 4.90 Å². The Kier molecular flexibility index (Phi) is 6.44. The number of aromatic nitrogens is 2. The molecule has 4 heterocycles. The number of carbonyl (C=O) groups excluding carboxylic acids is 1. The topological polar surface area (TPSA) is 81.9 Å². The van der Waals surface area contributed by atoms with Gasteiger partial charge in [-0.25, -0.2) is 9.59 Å². The van der Waals surface area contributed by atoms with E-state index in [1.54, 1.807) is 11.0 Å². The van der Waals surface area contributed by atoms with Crippen molar-refractivity contribution in [1.29, 1.82) is 0 Å². The van der Waals surface area contributed by atoms with Crippen LogP contribution in [0, 0.1) is 5.41 Å². The average molecular weight is 506 g/mol. The van der Waals surface area contributed by atoms with Crippen LogP contribution in [-0.2, 0) is 12.7 Å². The summed E-state index contributed by atoms with van der Waals surface area (Å²) in [6.45, 7) is 4.29. The van der Waals surface area contributed by atoms with Gasteiger partial charge in [0.05, 0.1) is 5.56 Å². The highest BCUT2D eigenvalue weighted by atomic mass is 19.4. The summed E-state index contributed by atoms with van der Waals surface area (Å²) in [5, 5.41) is 12.8. The number of rotatable bonds is 4. The van der Waals surface area contributed by atoms with Crippen molar-refractivity contribution in [2.75, 3.05) is 44.2 Å². The van der Waals surface area contributed by atoms with Crippen LogP contribution in [0.2, 0.25) is 0 Å². The van der Waals surface area contributed by atoms with E-state index in [0.29, 0.717) is 30.9 Å². The molecule has 1 amide bonds. The number of benzene rings is 1. The highest BCUT2D eigenvalue weighted by molar-refractivity contribution is 5.86. The molecule has 1 aromatic carbocycles. The van der Waals surface area contributed by atoms with Crippen molar-refractivity contribution < 1.29 is 27.9 Å². The molecule has 1 aromatic heterocycles. The summed E-state index contributed by atoms with van der Waals surface area (Å²) < 4.78 is 42.8. The first-order valence-corrected chi connectivity index (χ1v) is 12.4. The van der Waals surface area contributed by atoms with Gasteiger partial charge in [0.15, 0.2) is 5.69 Å². The fourth-order valence-corrected chi connectivity index (χ4v) is 5.81. The monoisotopic (exact) mass is 505 g/mol. The van der Waals surface area contributed by atoms with E-state index in [4.69, 9.17) is 5.11 Å². The van der Waals surface area contributed by atoms with E-state index in [2.05, 4.69) is 10.00 Å². The van der Waals surface area contributed by atoms with Gasteiger partial charge in [0.2, 0.25) is 0 Å². The molecule has 3 saturated heterocycles. The number of aromatic carboxylic acids is 1. The van der Waals surface area contributed by atoms with E-state index in [9.17, 15) is 22.8 Å². The van der Waals surface area contributed by atoms with E-state index >= 15 is 0 Å². The predicted molar refractivity (Wildman–Crippen MR) is 126 cm³/mol. The Morgan fingerprint density at radius 3 is 2.33 bits per heavy atom. The molecule has 0 unspecified atom stereocenters. The van der Waals surface area contributed by atoms with E-state index in [0.717, 1.165) is 56.4 Å². The lowest BCUT2D eigenvalue weighted by Gasteiger charge is -2.39. The van der Waals surface area contributed by atoms with Gasteiger partial charge in [-0.05, 0) is 67.8 Å². The molecule has 36 heavy (non-hydrogen) atoms. The Bertz CT molecular complexity index is 1130. The molecule has 0 atom stereocenters. The number of nitrogens with zero attached hydrogens (tertiary/aromatic N) is 5. The smallest absolute Gasteiger partial charge is 0.416 e. The van der Waals surface area contributed by atoms with Crippen LogP contribution in [0.4, 0.5) is 23.7 Å². The number of hydrogen-bond acceptors (Lipinski definition) is 5. The quantitative estimate of drug-likeness (QED) is 0.672. The summed E-state index contributed by atoms with van der Waals surface area (Å²) in [7, 11) is 0. The van der Waals surface area contributed by atoms with Crippen molar-refractivity contribution in [3.63, 3.8) is 0 Å². The molecular formula is C25H30F3N5O3. The van der Waals surface area contributed by atoms with Crippen molar-refractivity contribution in [2.24, 2.45) is 5.41 Å². The van der Waals surface area contributed by atoms with Gasteiger partial charge in [0.25, 0.3) is 0 Å². The Balaban J connectivity index is 1.22. The van der Waals surface area contributed by atoms with Crippen LogP contribution >= 0.6 is 0 Å². The van der Waals surface area contributed by atoms with Crippen molar-refractivity contribution in [3.8, 4) is 0 Å². The van der Waals surface area contributed by atoms with Gasteiger partial charge >= 0.3 is 18.2 Å². The predicted octanol–water partition coefficient (Wildman–Crippen LogP) is 4.16. The number of anilines is 1. The molecule has 0 radical (unpaired) electrons. The minimum absolute atomic E-state index is 0.0268. The summed E-state index contributed by atoms with van der Waals surface area (Å²) in [6, 6.07) is 5.68. The Hall–Kier alpha value is -3.08. The van der Waals surface area contributed by atoms with Gasteiger partial charge in [-0.3, -0.25) is 4.90 Å². The van der Waals surface area contributed by atoms with E-state index in [1.165, 1.54) is 18.3 Å². The molecule has 0 saturated carbocycles. The molecule has 2 aromatic rings.